The summed E-state index contributed by atoms with van der Waals surface area (Å²) in [4.78, 5) is 12.1. The number of phenols is 1. The first kappa shape index (κ1) is 16.4. The zero-order valence-electron chi connectivity index (χ0n) is 14.5. The van der Waals surface area contributed by atoms with Crippen LogP contribution in [-0.2, 0) is 10.2 Å². The molecule has 1 heterocycles. The molecule has 1 saturated carbocycles. The van der Waals surface area contributed by atoms with E-state index in [0.717, 1.165) is 36.1 Å². The SMILES string of the molecule is CCCCCC(C)(C)c1cc(O)c2c(c1)OC1C(=O)CCCC21. The number of ketones is 1. The van der Waals surface area contributed by atoms with Gasteiger partial charge < -0.3 is 9.84 Å². The summed E-state index contributed by atoms with van der Waals surface area (Å²) in [7, 11) is 0. The molecule has 2 atom stereocenters. The van der Waals surface area contributed by atoms with Crippen LogP contribution in [0, 0.1) is 0 Å². The van der Waals surface area contributed by atoms with Crippen LogP contribution in [0.25, 0.3) is 0 Å². The summed E-state index contributed by atoms with van der Waals surface area (Å²) >= 11 is 0. The summed E-state index contributed by atoms with van der Waals surface area (Å²) in [6, 6.07) is 3.96. The molecule has 0 radical (unpaired) electrons. The molecule has 1 aliphatic carbocycles. The number of unbranched alkanes of at least 4 members (excludes halogenated alkanes) is 2. The second-order valence-corrected chi connectivity index (χ2v) is 7.75. The zero-order chi connectivity index (χ0) is 16.6. The van der Waals surface area contributed by atoms with Crippen molar-refractivity contribution in [2.45, 2.75) is 83.2 Å². The maximum absolute atomic E-state index is 12.1. The molecule has 3 nitrogen and oxygen atoms in total. The molecule has 1 N–H and O–H groups in total. The lowest BCUT2D eigenvalue weighted by atomic mass is 9.77. The van der Waals surface area contributed by atoms with E-state index >= 15 is 0 Å². The molecule has 0 bridgehead atoms. The molecule has 2 unspecified atom stereocenters. The number of Topliss-reactive ketones (excluding diaryl/α,β-unsaturated/α-hetero) is 1. The van der Waals surface area contributed by atoms with Gasteiger partial charge in [0, 0.05) is 17.9 Å². The predicted octanol–water partition coefficient (Wildman–Crippen LogP) is 4.85. The van der Waals surface area contributed by atoms with Gasteiger partial charge in [0.2, 0.25) is 0 Å². The van der Waals surface area contributed by atoms with Gasteiger partial charge in [-0.1, -0.05) is 40.0 Å². The van der Waals surface area contributed by atoms with Gasteiger partial charge in [-0.2, -0.15) is 0 Å². The Bertz CT molecular complexity index is 603. The monoisotopic (exact) mass is 316 g/mol. The minimum absolute atomic E-state index is 0.00279. The van der Waals surface area contributed by atoms with Gasteiger partial charge in [0.05, 0.1) is 0 Å². The quantitative estimate of drug-likeness (QED) is 0.790. The first-order valence-electron chi connectivity index (χ1n) is 9.01. The minimum Gasteiger partial charge on any atom is -0.508 e. The van der Waals surface area contributed by atoms with Crippen LogP contribution in [0.4, 0.5) is 0 Å². The van der Waals surface area contributed by atoms with Crippen LogP contribution in [0.3, 0.4) is 0 Å². The Hall–Kier alpha value is -1.51. The summed E-state index contributed by atoms with van der Waals surface area (Å²) in [5.41, 5.74) is 1.97. The molecule has 1 aliphatic heterocycles. The standard InChI is InChI=1S/C20H28O3/c1-4-5-6-10-20(2,3)13-11-16(22)18-14-8-7-9-15(21)19(14)23-17(18)12-13/h11-12,14,19,22H,4-10H2,1-3H3. The van der Waals surface area contributed by atoms with Crippen LogP contribution in [0.2, 0.25) is 0 Å². The molecule has 126 valence electrons. The molecule has 23 heavy (non-hydrogen) atoms. The van der Waals surface area contributed by atoms with E-state index in [9.17, 15) is 9.90 Å². The van der Waals surface area contributed by atoms with Crippen molar-refractivity contribution in [2.75, 3.05) is 0 Å². The summed E-state index contributed by atoms with van der Waals surface area (Å²) < 4.78 is 5.96. The average molecular weight is 316 g/mol. The number of ether oxygens (including phenoxy) is 1. The molecule has 1 aromatic rings. The van der Waals surface area contributed by atoms with E-state index < -0.39 is 0 Å². The largest absolute Gasteiger partial charge is 0.508 e. The van der Waals surface area contributed by atoms with Gasteiger partial charge in [-0.15, -0.1) is 0 Å². The van der Waals surface area contributed by atoms with Gasteiger partial charge in [-0.05, 0) is 42.4 Å². The Morgan fingerprint density at radius 1 is 1.30 bits per heavy atom. The highest BCUT2D eigenvalue weighted by molar-refractivity contribution is 5.87. The third kappa shape index (κ3) is 2.98. The molecule has 3 heteroatoms. The highest BCUT2D eigenvalue weighted by Crippen LogP contribution is 2.50. The minimum atomic E-state index is -0.372. The number of carbonyl (C=O) groups excluding carboxylic acids is 1. The maximum Gasteiger partial charge on any atom is 0.173 e. The molecule has 2 aliphatic rings. The molecule has 1 aromatic carbocycles. The number of hydrogen-bond donors (Lipinski definition) is 1. The number of carbonyl (C=O) groups is 1. The average Bonchev–Trinajstić information content (AvgIpc) is 2.88. The summed E-state index contributed by atoms with van der Waals surface area (Å²) in [5.74, 6) is 1.26. The third-order valence-corrected chi connectivity index (χ3v) is 5.55. The van der Waals surface area contributed by atoms with E-state index in [1.165, 1.54) is 19.3 Å². The summed E-state index contributed by atoms with van der Waals surface area (Å²) in [6.45, 7) is 6.65. The molecule has 1 fully saturated rings. The van der Waals surface area contributed by atoms with Crippen molar-refractivity contribution in [1.29, 1.82) is 0 Å². The number of aromatic hydroxyl groups is 1. The topological polar surface area (TPSA) is 46.5 Å². The molecule has 0 aromatic heterocycles. The van der Waals surface area contributed by atoms with E-state index in [1.54, 1.807) is 0 Å². The number of rotatable bonds is 5. The van der Waals surface area contributed by atoms with Gasteiger partial charge in [0.15, 0.2) is 11.9 Å². The lowest BCUT2D eigenvalue weighted by molar-refractivity contribution is -0.127. The van der Waals surface area contributed by atoms with Crippen molar-refractivity contribution in [2.24, 2.45) is 0 Å². The first-order chi connectivity index (χ1) is 10.9. The van der Waals surface area contributed by atoms with Crippen LogP contribution < -0.4 is 4.74 Å². The molecule has 3 rings (SSSR count). The predicted molar refractivity (Wildman–Crippen MR) is 91.3 cm³/mol. The molecule has 0 amide bonds. The van der Waals surface area contributed by atoms with Crippen molar-refractivity contribution in [1.82, 2.24) is 0 Å². The third-order valence-electron chi connectivity index (χ3n) is 5.55. The van der Waals surface area contributed by atoms with E-state index in [0.29, 0.717) is 12.2 Å². The van der Waals surface area contributed by atoms with Crippen LogP contribution in [0.5, 0.6) is 11.5 Å². The van der Waals surface area contributed by atoms with Crippen LogP contribution in [0.15, 0.2) is 12.1 Å². The number of hydrogen-bond acceptors (Lipinski definition) is 3. The van der Waals surface area contributed by atoms with E-state index in [2.05, 4.69) is 26.8 Å². The Labute approximate surface area is 139 Å². The maximum atomic E-state index is 12.1. The first-order valence-corrected chi connectivity index (χ1v) is 9.01. The molecule has 0 saturated heterocycles. The lowest BCUT2D eigenvalue weighted by Gasteiger charge is -2.26. The highest BCUT2D eigenvalue weighted by Gasteiger charge is 2.43. The van der Waals surface area contributed by atoms with E-state index in [1.807, 2.05) is 6.07 Å². The van der Waals surface area contributed by atoms with Gasteiger partial charge in [-0.25, -0.2) is 0 Å². The summed E-state index contributed by atoms with van der Waals surface area (Å²) in [6.07, 6.45) is 6.77. The van der Waals surface area contributed by atoms with Crippen molar-refractivity contribution in [3.63, 3.8) is 0 Å². The Balaban J connectivity index is 1.89. The molecular weight excluding hydrogens is 288 g/mol. The van der Waals surface area contributed by atoms with Crippen molar-refractivity contribution >= 4 is 5.78 Å². The fraction of sp³-hybridized carbons (Fsp3) is 0.650. The normalized spacial score (nSPS) is 23.3. The van der Waals surface area contributed by atoms with Crippen molar-refractivity contribution < 1.29 is 14.6 Å². The second-order valence-electron chi connectivity index (χ2n) is 7.75. The van der Waals surface area contributed by atoms with E-state index in [-0.39, 0.29) is 23.2 Å². The fourth-order valence-electron chi connectivity index (χ4n) is 4.03. The Morgan fingerprint density at radius 3 is 2.83 bits per heavy atom. The van der Waals surface area contributed by atoms with Crippen LogP contribution in [-0.4, -0.2) is 17.0 Å². The lowest BCUT2D eigenvalue weighted by Crippen LogP contribution is -2.32. The van der Waals surface area contributed by atoms with Crippen molar-refractivity contribution in [3.05, 3.63) is 23.3 Å². The molecular formula is C20H28O3. The van der Waals surface area contributed by atoms with Gasteiger partial charge in [0.25, 0.3) is 0 Å². The Morgan fingerprint density at radius 2 is 2.09 bits per heavy atom. The van der Waals surface area contributed by atoms with Gasteiger partial charge >= 0.3 is 0 Å². The van der Waals surface area contributed by atoms with Gasteiger partial charge in [0.1, 0.15) is 11.5 Å². The number of fused-ring (bicyclic) bond motifs is 3. The molecule has 0 spiro atoms. The van der Waals surface area contributed by atoms with Crippen LogP contribution in [0.1, 0.15) is 82.8 Å². The van der Waals surface area contributed by atoms with Crippen LogP contribution >= 0.6 is 0 Å². The van der Waals surface area contributed by atoms with Gasteiger partial charge in [-0.3, -0.25) is 4.79 Å². The smallest absolute Gasteiger partial charge is 0.173 e. The number of benzene rings is 1. The second kappa shape index (κ2) is 6.18. The Kier molecular flexibility index (Phi) is 4.39. The number of phenolic OH excluding ortho intramolecular Hbond substituents is 1. The van der Waals surface area contributed by atoms with E-state index in [4.69, 9.17) is 4.74 Å². The fourth-order valence-corrected chi connectivity index (χ4v) is 4.03. The van der Waals surface area contributed by atoms with Crippen molar-refractivity contribution in [3.8, 4) is 11.5 Å². The zero-order valence-corrected chi connectivity index (χ0v) is 14.5. The highest BCUT2D eigenvalue weighted by atomic mass is 16.5. The summed E-state index contributed by atoms with van der Waals surface area (Å²) in [5, 5.41) is 10.6.